The van der Waals surface area contributed by atoms with Crippen molar-refractivity contribution in [3.63, 3.8) is 0 Å². The molecule has 1 atom stereocenters. The lowest BCUT2D eigenvalue weighted by atomic mass is 10.2. The predicted molar refractivity (Wildman–Crippen MR) is 62.3 cm³/mol. The quantitative estimate of drug-likeness (QED) is 0.399. The number of aliphatic hydroxyl groups is 1. The molecule has 1 aromatic rings. The van der Waals surface area contributed by atoms with Crippen LogP contribution in [0.25, 0.3) is 0 Å². The fourth-order valence-corrected chi connectivity index (χ4v) is 1.32. The molecule has 0 saturated heterocycles. The lowest BCUT2D eigenvalue weighted by Gasteiger charge is -2.15. The summed E-state index contributed by atoms with van der Waals surface area (Å²) in [6.45, 7) is 1.94. The van der Waals surface area contributed by atoms with Crippen molar-refractivity contribution >= 4 is 17.1 Å². The Balaban J connectivity index is 2.84. The van der Waals surface area contributed by atoms with Gasteiger partial charge in [-0.3, -0.25) is 10.1 Å². The van der Waals surface area contributed by atoms with Crippen LogP contribution in [0.2, 0.25) is 0 Å². The molecule has 0 saturated carbocycles. The Hall–Kier alpha value is -1.82. The molecule has 1 aromatic carbocycles. The number of nitrogens with two attached hydrogens (primary N) is 1. The standard InChI is InChI=1S/C10H15N3O3/c1-2-7(6-14)12-8-3-4-10(13(15)16)9(11)5-8/h3-5,7,12,14H,2,6,11H2,1H3. The van der Waals surface area contributed by atoms with Crippen LogP contribution >= 0.6 is 0 Å². The molecule has 0 aliphatic rings. The first-order chi connectivity index (χ1) is 7.58. The first kappa shape index (κ1) is 12.3. The van der Waals surface area contributed by atoms with Crippen LogP contribution in [0.4, 0.5) is 17.1 Å². The van der Waals surface area contributed by atoms with Crippen LogP contribution in [0.5, 0.6) is 0 Å². The van der Waals surface area contributed by atoms with E-state index in [2.05, 4.69) is 5.32 Å². The molecule has 0 heterocycles. The van der Waals surface area contributed by atoms with E-state index in [0.29, 0.717) is 5.69 Å². The van der Waals surface area contributed by atoms with Crippen LogP contribution in [0.15, 0.2) is 18.2 Å². The number of nitrogen functional groups attached to an aromatic ring is 1. The molecule has 0 aliphatic carbocycles. The van der Waals surface area contributed by atoms with Gasteiger partial charge in [0, 0.05) is 17.8 Å². The van der Waals surface area contributed by atoms with Gasteiger partial charge in [0.25, 0.3) is 5.69 Å². The molecular weight excluding hydrogens is 210 g/mol. The summed E-state index contributed by atoms with van der Waals surface area (Å²) in [7, 11) is 0. The summed E-state index contributed by atoms with van der Waals surface area (Å²) in [5.74, 6) is 0. The van der Waals surface area contributed by atoms with Crippen LogP contribution in [-0.4, -0.2) is 22.7 Å². The summed E-state index contributed by atoms with van der Waals surface area (Å²) in [5, 5.41) is 22.6. The normalized spacial score (nSPS) is 12.1. The number of nitrogens with zero attached hydrogens (tertiary/aromatic N) is 1. The van der Waals surface area contributed by atoms with Crippen LogP contribution in [-0.2, 0) is 0 Å². The van der Waals surface area contributed by atoms with Crippen LogP contribution in [0.3, 0.4) is 0 Å². The number of nitro groups is 1. The highest BCUT2D eigenvalue weighted by atomic mass is 16.6. The number of nitro benzene ring substituents is 1. The maximum atomic E-state index is 10.5. The smallest absolute Gasteiger partial charge is 0.292 e. The van der Waals surface area contributed by atoms with Gasteiger partial charge in [0.2, 0.25) is 0 Å². The molecule has 6 heteroatoms. The van der Waals surface area contributed by atoms with E-state index >= 15 is 0 Å². The summed E-state index contributed by atoms with van der Waals surface area (Å²) >= 11 is 0. The van der Waals surface area contributed by atoms with Gasteiger partial charge in [-0.15, -0.1) is 0 Å². The van der Waals surface area contributed by atoms with Crippen molar-refractivity contribution in [2.45, 2.75) is 19.4 Å². The summed E-state index contributed by atoms with van der Waals surface area (Å²) in [5.41, 5.74) is 6.21. The van der Waals surface area contributed by atoms with Crippen molar-refractivity contribution < 1.29 is 10.0 Å². The zero-order chi connectivity index (χ0) is 12.1. The zero-order valence-electron chi connectivity index (χ0n) is 9.01. The lowest BCUT2D eigenvalue weighted by Crippen LogP contribution is -2.22. The number of nitrogens with one attached hydrogen (secondary N) is 1. The number of hydrogen-bond donors (Lipinski definition) is 3. The second kappa shape index (κ2) is 5.32. The van der Waals surface area contributed by atoms with E-state index in [1.807, 2.05) is 6.92 Å². The van der Waals surface area contributed by atoms with Crippen molar-refractivity contribution in [2.24, 2.45) is 0 Å². The Bertz CT molecular complexity index is 378. The molecule has 0 aliphatic heterocycles. The third-order valence-corrected chi connectivity index (χ3v) is 2.31. The van der Waals surface area contributed by atoms with Crippen molar-refractivity contribution in [1.29, 1.82) is 0 Å². The summed E-state index contributed by atoms with van der Waals surface area (Å²) in [6.07, 6.45) is 0.757. The van der Waals surface area contributed by atoms with Gasteiger partial charge in [-0.25, -0.2) is 0 Å². The fourth-order valence-electron chi connectivity index (χ4n) is 1.32. The maximum absolute atomic E-state index is 10.5. The Morgan fingerprint density at radius 1 is 1.62 bits per heavy atom. The summed E-state index contributed by atoms with van der Waals surface area (Å²) < 4.78 is 0. The predicted octanol–water partition coefficient (Wildman–Crippen LogP) is 1.36. The molecule has 0 aromatic heterocycles. The number of aliphatic hydroxyl groups excluding tert-OH is 1. The number of hydrogen-bond acceptors (Lipinski definition) is 5. The van der Waals surface area contributed by atoms with E-state index < -0.39 is 4.92 Å². The Labute approximate surface area is 93.2 Å². The van der Waals surface area contributed by atoms with Gasteiger partial charge < -0.3 is 16.2 Å². The van der Waals surface area contributed by atoms with Crippen molar-refractivity contribution in [1.82, 2.24) is 0 Å². The lowest BCUT2D eigenvalue weighted by molar-refractivity contribution is -0.383. The molecule has 88 valence electrons. The Morgan fingerprint density at radius 3 is 2.75 bits per heavy atom. The van der Waals surface area contributed by atoms with Gasteiger partial charge in [0.15, 0.2) is 0 Å². The van der Waals surface area contributed by atoms with E-state index in [0.717, 1.165) is 6.42 Å². The highest BCUT2D eigenvalue weighted by molar-refractivity contribution is 5.66. The zero-order valence-corrected chi connectivity index (χ0v) is 9.01. The molecule has 4 N–H and O–H groups in total. The minimum Gasteiger partial charge on any atom is -0.394 e. The minimum absolute atomic E-state index is 0.00733. The first-order valence-corrected chi connectivity index (χ1v) is 4.99. The summed E-state index contributed by atoms with van der Waals surface area (Å²) in [4.78, 5) is 10.0. The Morgan fingerprint density at radius 2 is 2.31 bits per heavy atom. The van der Waals surface area contributed by atoms with Gasteiger partial charge in [0.1, 0.15) is 5.69 Å². The fraction of sp³-hybridized carbons (Fsp3) is 0.400. The van der Waals surface area contributed by atoms with Gasteiger partial charge in [-0.1, -0.05) is 6.92 Å². The number of benzene rings is 1. The molecule has 0 amide bonds. The van der Waals surface area contributed by atoms with Crippen molar-refractivity contribution in [3.05, 3.63) is 28.3 Å². The molecular formula is C10H15N3O3. The summed E-state index contributed by atoms with van der Waals surface area (Å²) in [6, 6.07) is 4.35. The molecule has 1 rings (SSSR count). The molecule has 1 unspecified atom stereocenters. The van der Waals surface area contributed by atoms with Gasteiger partial charge in [-0.05, 0) is 18.6 Å². The van der Waals surface area contributed by atoms with Crippen LogP contribution in [0, 0.1) is 10.1 Å². The Kier molecular flexibility index (Phi) is 4.07. The first-order valence-electron chi connectivity index (χ1n) is 4.99. The molecule has 0 spiro atoms. The second-order valence-corrected chi connectivity index (χ2v) is 3.46. The van der Waals surface area contributed by atoms with Crippen LogP contribution < -0.4 is 11.1 Å². The SMILES string of the molecule is CCC(CO)Nc1ccc([N+](=O)[O-])c(N)c1. The monoisotopic (exact) mass is 225 g/mol. The highest BCUT2D eigenvalue weighted by Crippen LogP contribution is 2.25. The van der Waals surface area contributed by atoms with Crippen molar-refractivity contribution in [2.75, 3.05) is 17.7 Å². The largest absolute Gasteiger partial charge is 0.394 e. The van der Waals surface area contributed by atoms with Crippen molar-refractivity contribution in [3.8, 4) is 0 Å². The highest BCUT2D eigenvalue weighted by Gasteiger charge is 2.12. The average Bonchev–Trinajstić information content (AvgIpc) is 2.25. The van der Waals surface area contributed by atoms with E-state index in [1.54, 1.807) is 6.07 Å². The average molecular weight is 225 g/mol. The van der Waals surface area contributed by atoms with E-state index in [4.69, 9.17) is 10.8 Å². The molecule has 0 radical (unpaired) electrons. The third-order valence-electron chi connectivity index (χ3n) is 2.31. The molecule has 0 bridgehead atoms. The number of rotatable bonds is 5. The van der Waals surface area contributed by atoms with Gasteiger partial charge >= 0.3 is 0 Å². The molecule has 6 nitrogen and oxygen atoms in total. The van der Waals surface area contributed by atoms with E-state index in [9.17, 15) is 10.1 Å². The second-order valence-electron chi connectivity index (χ2n) is 3.46. The van der Waals surface area contributed by atoms with E-state index in [-0.39, 0.29) is 24.0 Å². The van der Waals surface area contributed by atoms with Gasteiger partial charge in [0.05, 0.1) is 11.5 Å². The maximum Gasteiger partial charge on any atom is 0.292 e. The molecule has 0 fully saturated rings. The van der Waals surface area contributed by atoms with E-state index in [1.165, 1.54) is 12.1 Å². The van der Waals surface area contributed by atoms with Gasteiger partial charge in [-0.2, -0.15) is 0 Å². The minimum atomic E-state index is -0.525. The number of anilines is 2. The topological polar surface area (TPSA) is 101 Å². The van der Waals surface area contributed by atoms with Crippen LogP contribution in [0.1, 0.15) is 13.3 Å². The third kappa shape index (κ3) is 2.83. The molecule has 16 heavy (non-hydrogen) atoms.